The predicted octanol–water partition coefficient (Wildman–Crippen LogP) is 1.46. The van der Waals surface area contributed by atoms with E-state index in [2.05, 4.69) is 0 Å². The van der Waals surface area contributed by atoms with E-state index < -0.39 is 5.97 Å². The molecule has 1 aromatic carbocycles. The van der Waals surface area contributed by atoms with Crippen molar-refractivity contribution in [3.63, 3.8) is 0 Å². The highest BCUT2D eigenvalue weighted by atomic mass is 32.2. The molecule has 2 rings (SSSR count). The van der Waals surface area contributed by atoms with Gasteiger partial charge in [0, 0.05) is 0 Å². The highest BCUT2D eigenvalue weighted by Crippen LogP contribution is 2.18. The first-order valence-corrected chi connectivity index (χ1v) is 6.50. The number of hydrogen-bond acceptors (Lipinski definition) is 5. The van der Waals surface area contributed by atoms with Crippen LogP contribution in [0.25, 0.3) is 0 Å². The van der Waals surface area contributed by atoms with Crippen LogP contribution in [0.1, 0.15) is 10.4 Å². The maximum atomic E-state index is 11.3. The number of imide groups is 1. The van der Waals surface area contributed by atoms with Gasteiger partial charge < -0.3 is 9.84 Å². The van der Waals surface area contributed by atoms with Crippen molar-refractivity contribution in [2.45, 2.75) is 0 Å². The van der Waals surface area contributed by atoms with Crippen LogP contribution in [0.5, 0.6) is 5.75 Å². The molecule has 0 spiro atoms. The molecule has 1 saturated heterocycles. The van der Waals surface area contributed by atoms with Gasteiger partial charge in [0.2, 0.25) is 5.91 Å². The van der Waals surface area contributed by atoms with Crippen LogP contribution in [-0.2, 0) is 4.79 Å². The molecule has 1 aliphatic rings. The third-order valence-electron chi connectivity index (χ3n) is 2.51. The van der Waals surface area contributed by atoms with E-state index in [1.807, 2.05) is 0 Å². The quantitative estimate of drug-likeness (QED) is 0.879. The smallest absolute Gasteiger partial charge is 0.335 e. The van der Waals surface area contributed by atoms with Crippen molar-refractivity contribution < 1.29 is 24.2 Å². The summed E-state index contributed by atoms with van der Waals surface area (Å²) in [5.74, 6) is -0.691. The van der Waals surface area contributed by atoms with Crippen molar-refractivity contribution in [2.75, 3.05) is 18.9 Å². The molecule has 0 aliphatic carbocycles. The van der Waals surface area contributed by atoms with Crippen LogP contribution < -0.4 is 4.74 Å². The Hall–Kier alpha value is -2.02. The van der Waals surface area contributed by atoms with Gasteiger partial charge in [-0.3, -0.25) is 14.5 Å². The minimum absolute atomic E-state index is 0.126. The number of hydrogen-bond donors (Lipinski definition) is 1. The lowest BCUT2D eigenvalue weighted by molar-refractivity contribution is -0.124. The number of aromatic carboxylic acids is 1. The summed E-state index contributed by atoms with van der Waals surface area (Å²) >= 11 is 0.970. The lowest BCUT2D eigenvalue weighted by atomic mass is 10.2. The summed E-state index contributed by atoms with van der Waals surface area (Å²) in [5, 5.41) is 8.55. The van der Waals surface area contributed by atoms with Crippen molar-refractivity contribution in [3.05, 3.63) is 29.8 Å². The van der Waals surface area contributed by atoms with Crippen molar-refractivity contribution >= 4 is 28.9 Å². The maximum absolute atomic E-state index is 11.3. The molecule has 0 saturated carbocycles. The van der Waals surface area contributed by atoms with Gasteiger partial charge in [0.05, 0.1) is 17.9 Å². The number of carbonyl (C=O) groups excluding carboxylic acids is 2. The largest absolute Gasteiger partial charge is 0.492 e. The molecule has 1 fully saturated rings. The SMILES string of the molecule is O=C(O)c1cccc(OCCN2C(=O)CSC2=O)c1. The number of benzene rings is 1. The Balaban J connectivity index is 1.89. The number of amides is 2. The molecular formula is C12H11NO5S. The van der Waals surface area contributed by atoms with Crippen LogP contribution >= 0.6 is 11.8 Å². The summed E-state index contributed by atoms with van der Waals surface area (Å²) in [5.41, 5.74) is 0.126. The molecule has 2 amide bonds. The van der Waals surface area contributed by atoms with E-state index in [0.717, 1.165) is 16.7 Å². The van der Waals surface area contributed by atoms with Crippen LogP contribution in [0.15, 0.2) is 24.3 Å². The average Bonchev–Trinajstić information content (AvgIpc) is 2.71. The molecule has 100 valence electrons. The lowest BCUT2D eigenvalue weighted by Gasteiger charge is -2.13. The zero-order valence-electron chi connectivity index (χ0n) is 9.87. The number of carboxylic acid groups (broad SMARTS) is 1. The van der Waals surface area contributed by atoms with Gasteiger partial charge >= 0.3 is 5.97 Å². The molecule has 6 nitrogen and oxygen atoms in total. The fourth-order valence-electron chi connectivity index (χ4n) is 1.57. The third-order valence-corrected chi connectivity index (χ3v) is 3.36. The molecule has 19 heavy (non-hydrogen) atoms. The maximum Gasteiger partial charge on any atom is 0.335 e. The Labute approximate surface area is 113 Å². The highest BCUT2D eigenvalue weighted by Gasteiger charge is 2.29. The van der Waals surface area contributed by atoms with E-state index in [0.29, 0.717) is 5.75 Å². The van der Waals surface area contributed by atoms with Crippen LogP contribution in [0.3, 0.4) is 0 Å². The van der Waals surface area contributed by atoms with Gasteiger partial charge in [0.25, 0.3) is 5.24 Å². The fraction of sp³-hybridized carbons (Fsp3) is 0.250. The lowest BCUT2D eigenvalue weighted by Crippen LogP contribution is -2.32. The standard InChI is InChI=1S/C12H11NO5S/c14-10-7-19-12(17)13(10)4-5-18-9-3-1-2-8(6-9)11(15)16/h1-3,6H,4-5,7H2,(H,15,16). The van der Waals surface area contributed by atoms with Gasteiger partial charge in [-0.25, -0.2) is 4.79 Å². The van der Waals surface area contributed by atoms with Gasteiger partial charge in [0.15, 0.2) is 0 Å². The summed E-state index contributed by atoms with van der Waals surface area (Å²) in [6, 6.07) is 6.04. The van der Waals surface area contributed by atoms with E-state index in [-0.39, 0.29) is 35.6 Å². The van der Waals surface area contributed by atoms with Crippen LogP contribution in [0, 0.1) is 0 Å². The second kappa shape index (κ2) is 5.75. The van der Waals surface area contributed by atoms with E-state index in [1.165, 1.54) is 12.1 Å². The summed E-state index contributed by atoms with van der Waals surface area (Å²) in [4.78, 5) is 34.5. The van der Waals surface area contributed by atoms with E-state index in [9.17, 15) is 14.4 Å². The van der Waals surface area contributed by atoms with Gasteiger partial charge in [-0.15, -0.1) is 0 Å². The highest BCUT2D eigenvalue weighted by molar-refractivity contribution is 8.14. The van der Waals surface area contributed by atoms with E-state index in [4.69, 9.17) is 9.84 Å². The Morgan fingerprint density at radius 1 is 1.42 bits per heavy atom. The summed E-state index contributed by atoms with van der Waals surface area (Å²) < 4.78 is 5.34. The second-order valence-electron chi connectivity index (χ2n) is 3.78. The minimum atomic E-state index is -1.04. The first-order chi connectivity index (χ1) is 9.08. The zero-order chi connectivity index (χ0) is 13.8. The number of rotatable bonds is 5. The molecule has 0 atom stereocenters. The minimum Gasteiger partial charge on any atom is -0.492 e. The first kappa shape index (κ1) is 13.4. The number of ether oxygens (including phenoxy) is 1. The molecular weight excluding hydrogens is 270 g/mol. The Morgan fingerprint density at radius 3 is 2.84 bits per heavy atom. The molecule has 7 heteroatoms. The molecule has 1 heterocycles. The van der Waals surface area contributed by atoms with Gasteiger partial charge in [-0.1, -0.05) is 17.8 Å². The van der Waals surface area contributed by atoms with Crippen molar-refractivity contribution in [1.29, 1.82) is 0 Å². The van der Waals surface area contributed by atoms with Crippen LogP contribution in [-0.4, -0.2) is 46.0 Å². The molecule has 1 N–H and O–H groups in total. The van der Waals surface area contributed by atoms with Crippen LogP contribution in [0.4, 0.5) is 4.79 Å². The molecule has 0 bridgehead atoms. The van der Waals surface area contributed by atoms with Crippen molar-refractivity contribution in [2.24, 2.45) is 0 Å². The first-order valence-electron chi connectivity index (χ1n) is 5.51. The topological polar surface area (TPSA) is 83.9 Å². The van der Waals surface area contributed by atoms with Crippen LogP contribution in [0.2, 0.25) is 0 Å². The van der Waals surface area contributed by atoms with Crippen molar-refractivity contribution in [3.8, 4) is 5.75 Å². The second-order valence-corrected chi connectivity index (χ2v) is 4.71. The van der Waals surface area contributed by atoms with E-state index >= 15 is 0 Å². The molecule has 1 aliphatic heterocycles. The number of carbonyl (C=O) groups is 3. The van der Waals surface area contributed by atoms with Gasteiger partial charge in [0.1, 0.15) is 12.4 Å². The summed E-state index contributed by atoms with van der Waals surface area (Å²) in [7, 11) is 0. The summed E-state index contributed by atoms with van der Waals surface area (Å²) in [6.45, 7) is 0.309. The van der Waals surface area contributed by atoms with Gasteiger partial charge in [-0.2, -0.15) is 0 Å². The Morgan fingerprint density at radius 2 is 2.21 bits per heavy atom. The third kappa shape index (κ3) is 3.25. The molecule has 0 radical (unpaired) electrons. The molecule has 1 aromatic rings. The Kier molecular flexibility index (Phi) is 4.06. The molecule has 0 unspecified atom stereocenters. The summed E-state index contributed by atoms with van der Waals surface area (Å²) in [6.07, 6.45) is 0. The number of nitrogens with zero attached hydrogens (tertiary/aromatic N) is 1. The number of thioether (sulfide) groups is 1. The Bertz CT molecular complexity index is 515. The molecule has 0 aromatic heterocycles. The monoisotopic (exact) mass is 281 g/mol. The average molecular weight is 281 g/mol. The van der Waals surface area contributed by atoms with Crippen molar-refractivity contribution in [1.82, 2.24) is 4.90 Å². The normalized spacial score (nSPS) is 14.8. The number of carboxylic acids is 1. The predicted molar refractivity (Wildman–Crippen MR) is 68.5 cm³/mol. The zero-order valence-corrected chi connectivity index (χ0v) is 10.7. The van der Waals surface area contributed by atoms with Gasteiger partial charge in [-0.05, 0) is 18.2 Å². The van der Waals surface area contributed by atoms with E-state index in [1.54, 1.807) is 12.1 Å². The fourth-order valence-corrected chi connectivity index (χ4v) is 2.32.